The summed E-state index contributed by atoms with van der Waals surface area (Å²) in [5, 5.41) is 0.641. The molecule has 0 spiro atoms. The summed E-state index contributed by atoms with van der Waals surface area (Å²) >= 11 is 5.88. The molecule has 1 aromatic carbocycles. The number of benzene rings is 1. The minimum Gasteiger partial charge on any atom is -0.357 e. The molecule has 3 rings (SSSR count). The molecule has 78 valence electrons. The number of fused-ring (bicyclic) bond motifs is 1. The molecule has 0 bridgehead atoms. The van der Waals surface area contributed by atoms with Gasteiger partial charge in [-0.1, -0.05) is 17.7 Å². The second-order valence-corrected chi connectivity index (χ2v) is 4.28. The second-order valence-electron chi connectivity index (χ2n) is 3.84. The van der Waals surface area contributed by atoms with Crippen molar-refractivity contribution in [3.05, 3.63) is 29.3 Å². The molecular weight excluding hydrogens is 214 g/mol. The van der Waals surface area contributed by atoms with Crippen molar-refractivity contribution in [3.8, 4) is 0 Å². The smallest absolute Gasteiger partial charge is 0.236 e. The number of amides is 1. The third-order valence-electron chi connectivity index (χ3n) is 2.96. The number of halogens is 1. The average Bonchev–Trinajstić information content (AvgIpc) is 2.62. The number of carbonyl (C=O) groups excluding carboxylic acids is 1. The Labute approximate surface area is 92.6 Å². The van der Waals surface area contributed by atoms with Crippen LogP contribution in [0.2, 0.25) is 5.02 Å². The van der Waals surface area contributed by atoms with Crippen LogP contribution in [0.25, 0.3) is 0 Å². The summed E-state index contributed by atoms with van der Waals surface area (Å²) in [6.45, 7) is 0.679. The molecule has 0 N–H and O–H groups in total. The van der Waals surface area contributed by atoms with Gasteiger partial charge in [-0.2, -0.15) is 0 Å². The van der Waals surface area contributed by atoms with Gasteiger partial charge < -0.3 is 4.74 Å². The molecule has 1 amide bonds. The molecule has 0 aromatic heterocycles. The lowest BCUT2D eigenvalue weighted by Gasteiger charge is -2.41. The second kappa shape index (κ2) is 3.22. The van der Waals surface area contributed by atoms with Gasteiger partial charge in [-0.15, -0.1) is 0 Å². The van der Waals surface area contributed by atoms with E-state index in [0.717, 1.165) is 12.1 Å². The van der Waals surface area contributed by atoms with Crippen molar-refractivity contribution in [1.29, 1.82) is 0 Å². The maximum absolute atomic E-state index is 11.8. The minimum atomic E-state index is -0.0593. The highest BCUT2D eigenvalue weighted by Gasteiger charge is 2.51. The number of carbonyl (C=O) groups is 1. The van der Waals surface area contributed by atoms with Gasteiger partial charge in [-0.3, -0.25) is 9.69 Å². The van der Waals surface area contributed by atoms with E-state index in [9.17, 15) is 4.79 Å². The maximum atomic E-state index is 11.8. The van der Waals surface area contributed by atoms with Crippen molar-refractivity contribution in [2.75, 3.05) is 11.5 Å². The van der Waals surface area contributed by atoms with Crippen molar-refractivity contribution in [2.24, 2.45) is 5.92 Å². The summed E-state index contributed by atoms with van der Waals surface area (Å²) in [4.78, 5) is 13.4. The van der Waals surface area contributed by atoms with Crippen LogP contribution in [-0.4, -0.2) is 18.7 Å². The van der Waals surface area contributed by atoms with E-state index in [1.54, 1.807) is 17.0 Å². The predicted molar refractivity (Wildman–Crippen MR) is 56.8 cm³/mol. The average molecular weight is 224 g/mol. The van der Waals surface area contributed by atoms with Crippen LogP contribution in [0.15, 0.2) is 24.3 Å². The molecule has 2 aliphatic heterocycles. The lowest BCUT2D eigenvalue weighted by Crippen LogP contribution is -2.59. The molecule has 0 radical (unpaired) electrons. The quantitative estimate of drug-likeness (QED) is 0.682. The summed E-state index contributed by atoms with van der Waals surface area (Å²) < 4.78 is 5.49. The number of nitrogens with zero attached hydrogens (tertiary/aromatic N) is 1. The zero-order chi connectivity index (χ0) is 10.4. The Balaban J connectivity index is 1.92. The number of β-lactam (4-membered cyclic amide) rings is 1. The molecule has 15 heavy (non-hydrogen) atoms. The lowest BCUT2D eigenvalue weighted by molar-refractivity contribution is -0.135. The first-order valence-electron chi connectivity index (χ1n) is 4.97. The zero-order valence-corrected chi connectivity index (χ0v) is 8.78. The van der Waals surface area contributed by atoms with Crippen LogP contribution in [0.4, 0.5) is 5.69 Å². The highest BCUT2D eigenvalue weighted by Crippen LogP contribution is 2.39. The largest absolute Gasteiger partial charge is 0.357 e. The Hall–Kier alpha value is -1.06. The number of anilines is 1. The molecule has 2 atom stereocenters. The third-order valence-corrected chi connectivity index (χ3v) is 3.19. The molecule has 4 heteroatoms. The standard InChI is InChI=1S/C11H10ClNO2/c12-7-2-1-3-8(6-7)13-10(14)9-4-5-15-11(9)13/h1-3,6,9,11H,4-5H2. The first-order chi connectivity index (χ1) is 7.27. The van der Waals surface area contributed by atoms with E-state index in [0.29, 0.717) is 11.6 Å². The molecule has 0 aliphatic carbocycles. The number of hydrogen-bond acceptors (Lipinski definition) is 2. The van der Waals surface area contributed by atoms with Gasteiger partial charge in [0.1, 0.15) is 6.23 Å². The SMILES string of the molecule is O=C1C2CCOC2N1c1cccc(Cl)c1. The van der Waals surface area contributed by atoms with Gasteiger partial charge in [0.15, 0.2) is 0 Å². The van der Waals surface area contributed by atoms with Crippen LogP contribution in [-0.2, 0) is 9.53 Å². The fourth-order valence-corrected chi connectivity index (χ4v) is 2.38. The third kappa shape index (κ3) is 1.27. The lowest BCUT2D eigenvalue weighted by atomic mass is 9.94. The van der Waals surface area contributed by atoms with Crippen LogP contribution in [0, 0.1) is 5.92 Å². The van der Waals surface area contributed by atoms with Crippen molar-refractivity contribution in [1.82, 2.24) is 0 Å². The van der Waals surface area contributed by atoms with Crippen molar-refractivity contribution >= 4 is 23.2 Å². The van der Waals surface area contributed by atoms with Crippen LogP contribution in [0.1, 0.15) is 6.42 Å². The summed E-state index contributed by atoms with van der Waals surface area (Å²) in [5.74, 6) is 0.226. The number of hydrogen-bond donors (Lipinski definition) is 0. The first-order valence-corrected chi connectivity index (χ1v) is 5.35. The number of ether oxygens (including phenoxy) is 1. The van der Waals surface area contributed by atoms with Gasteiger partial charge in [0.2, 0.25) is 5.91 Å². The predicted octanol–water partition coefficient (Wildman–Crippen LogP) is 2.05. The topological polar surface area (TPSA) is 29.5 Å². The Morgan fingerprint density at radius 3 is 3.13 bits per heavy atom. The van der Waals surface area contributed by atoms with E-state index in [1.165, 1.54) is 0 Å². The van der Waals surface area contributed by atoms with Crippen LogP contribution < -0.4 is 4.90 Å². The van der Waals surface area contributed by atoms with E-state index in [1.807, 2.05) is 12.1 Å². The Kier molecular flexibility index (Phi) is 1.97. The molecule has 2 saturated heterocycles. The van der Waals surface area contributed by atoms with Gasteiger partial charge in [-0.05, 0) is 24.6 Å². The molecule has 3 nitrogen and oxygen atoms in total. The summed E-state index contributed by atoms with van der Waals surface area (Å²) in [5.41, 5.74) is 0.829. The van der Waals surface area contributed by atoms with Gasteiger partial charge in [-0.25, -0.2) is 0 Å². The van der Waals surface area contributed by atoms with E-state index in [2.05, 4.69) is 0 Å². The molecule has 2 aliphatic rings. The fraction of sp³-hybridized carbons (Fsp3) is 0.364. The fourth-order valence-electron chi connectivity index (χ4n) is 2.20. The molecule has 0 saturated carbocycles. The van der Waals surface area contributed by atoms with Gasteiger partial charge in [0.25, 0.3) is 0 Å². The molecule has 2 unspecified atom stereocenters. The van der Waals surface area contributed by atoms with Gasteiger partial charge >= 0.3 is 0 Å². The van der Waals surface area contributed by atoms with Crippen molar-refractivity contribution in [2.45, 2.75) is 12.6 Å². The van der Waals surface area contributed by atoms with Gasteiger partial charge in [0, 0.05) is 10.7 Å². The van der Waals surface area contributed by atoms with E-state index in [-0.39, 0.29) is 18.1 Å². The highest BCUT2D eigenvalue weighted by atomic mass is 35.5. The monoisotopic (exact) mass is 223 g/mol. The Bertz CT molecular complexity index is 421. The van der Waals surface area contributed by atoms with Gasteiger partial charge in [0.05, 0.1) is 12.5 Å². The Morgan fingerprint density at radius 1 is 1.47 bits per heavy atom. The zero-order valence-electron chi connectivity index (χ0n) is 8.02. The molecule has 1 aromatic rings. The summed E-state index contributed by atoms with van der Waals surface area (Å²) in [6, 6.07) is 7.30. The Morgan fingerprint density at radius 2 is 2.33 bits per heavy atom. The molecule has 2 heterocycles. The molecule has 2 fully saturated rings. The maximum Gasteiger partial charge on any atom is 0.236 e. The minimum absolute atomic E-state index is 0.0593. The van der Waals surface area contributed by atoms with Crippen molar-refractivity contribution < 1.29 is 9.53 Å². The van der Waals surface area contributed by atoms with E-state index in [4.69, 9.17) is 16.3 Å². The first kappa shape index (κ1) is 9.19. The summed E-state index contributed by atoms with van der Waals surface area (Å²) in [6.07, 6.45) is 0.788. The van der Waals surface area contributed by atoms with E-state index < -0.39 is 0 Å². The van der Waals surface area contributed by atoms with Crippen LogP contribution in [0.5, 0.6) is 0 Å². The normalized spacial score (nSPS) is 28.9. The number of rotatable bonds is 1. The van der Waals surface area contributed by atoms with E-state index >= 15 is 0 Å². The van der Waals surface area contributed by atoms with Crippen LogP contribution >= 0.6 is 11.6 Å². The van der Waals surface area contributed by atoms with Crippen LogP contribution in [0.3, 0.4) is 0 Å². The summed E-state index contributed by atoms with van der Waals surface area (Å²) in [7, 11) is 0. The van der Waals surface area contributed by atoms with Crippen molar-refractivity contribution in [3.63, 3.8) is 0 Å². The highest BCUT2D eigenvalue weighted by molar-refractivity contribution is 6.31. The molecular formula is C11H10ClNO2.